The summed E-state index contributed by atoms with van der Waals surface area (Å²) in [7, 11) is -3.25. The van der Waals surface area contributed by atoms with Gasteiger partial charge in [0.2, 0.25) is 0 Å². The van der Waals surface area contributed by atoms with Crippen molar-refractivity contribution in [3.63, 3.8) is 0 Å². The van der Waals surface area contributed by atoms with Crippen LogP contribution in [0.5, 0.6) is 0 Å². The maximum atomic E-state index is 12.3. The number of benzene rings is 1. The maximum Gasteiger partial charge on any atom is 0.171 e. The zero-order valence-corrected chi connectivity index (χ0v) is 11.7. The first-order valence-corrected chi connectivity index (χ1v) is 8.12. The zero-order valence-electron chi connectivity index (χ0n) is 10.9. The second-order valence-corrected chi connectivity index (χ2v) is 7.06. The SMILES string of the molecule is C=CCS(=O)(=O)[C@H]1C(N)CCN1Cc1ccccc1. The van der Waals surface area contributed by atoms with Crippen molar-refractivity contribution >= 4 is 9.84 Å². The summed E-state index contributed by atoms with van der Waals surface area (Å²) in [6.07, 6.45) is 2.15. The minimum absolute atomic E-state index is 0.0172. The number of rotatable bonds is 5. The van der Waals surface area contributed by atoms with Crippen LogP contribution in [0.25, 0.3) is 0 Å². The molecule has 1 saturated heterocycles. The summed E-state index contributed by atoms with van der Waals surface area (Å²) in [4.78, 5) is 1.96. The van der Waals surface area contributed by atoms with Crippen molar-refractivity contribution in [2.45, 2.75) is 24.4 Å². The summed E-state index contributed by atoms with van der Waals surface area (Å²) in [6.45, 7) is 4.85. The first-order valence-electron chi connectivity index (χ1n) is 6.40. The van der Waals surface area contributed by atoms with Crippen LogP contribution in [-0.2, 0) is 16.4 Å². The second-order valence-electron chi connectivity index (χ2n) is 4.92. The molecule has 2 atom stereocenters. The molecule has 1 aromatic rings. The molecule has 1 unspecified atom stereocenters. The highest BCUT2D eigenvalue weighted by Gasteiger charge is 2.40. The lowest BCUT2D eigenvalue weighted by Crippen LogP contribution is -2.45. The number of nitrogens with two attached hydrogens (primary N) is 1. The highest BCUT2D eigenvalue weighted by Crippen LogP contribution is 2.24. The molecule has 1 aliphatic rings. The number of sulfone groups is 1. The molecule has 2 rings (SSSR count). The van der Waals surface area contributed by atoms with E-state index in [-0.39, 0.29) is 11.8 Å². The van der Waals surface area contributed by atoms with Crippen molar-refractivity contribution in [2.24, 2.45) is 5.73 Å². The largest absolute Gasteiger partial charge is 0.325 e. The lowest BCUT2D eigenvalue weighted by atomic mass is 10.2. The Balaban J connectivity index is 2.18. The molecule has 0 spiro atoms. The minimum atomic E-state index is -3.25. The monoisotopic (exact) mass is 280 g/mol. The van der Waals surface area contributed by atoms with Gasteiger partial charge in [-0.05, 0) is 12.0 Å². The van der Waals surface area contributed by atoms with Crippen LogP contribution in [0.1, 0.15) is 12.0 Å². The molecule has 5 heteroatoms. The molecule has 104 valence electrons. The van der Waals surface area contributed by atoms with Crippen LogP contribution >= 0.6 is 0 Å². The Morgan fingerprint density at radius 3 is 2.68 bits per heavy atom. The van der Waals surface area contributed by atoms with Gasteiger partial charge in [-0.3, -0.25) is 4.90 Å². The van der Waals surface area contributed by atoms with E-state index in [1.54, 1.807) is 0 Å². The Hall–Kier alpha value is -1.17. The highest BCUT2D eigenvalue weighted by molar-refractivity contribution is 7.92. The van der Waals surface area contributed by atoms with Gasteiger partial charge in [0.1, 0.15) is 5.37 Å². The maximum absolute atomic E-state index is 12.3. The van der Waals surface area contributed by atoms with Gasteiger partial charge in [0.25, 0.3) is 0 Å². The molecule has 0 aliphatic carbocycles. The zero-order chi connectivity index (χ0) is 13.9. The molecule has 0 saturated carbocycles. The van der Waals surface area contributed by atoms with Gasteiger partial charge in [-0.15, -0.1) is 6.58 Å². The molecule has 19 heavy (non-hydrogen) atoms. The van der Waals surface area contributed by atoms with Crippen molar-refractivity contribution < 1.29 is 8.42 Å². The van der Waals surface area contributed by atoms with Crippen molar-refractivity contribution in [2.75, 3.05) is 12.3 Å². The van der Waals surface area contributed by atoms with Gasteiger partial charge in [0.05, 0.1) is 5.75 Å². The molecule has 0 aromatic heterocycles. The predicted octanol–water partition coefficient (Wildman–Crippen LogP) is 1.15. The second kappa shape index (κ2) is 5.86. The van der Waals surface area contributed by atoms with Crippen LogP contribution < -0.4 is 5.73 Å². The Bertz CT molecular complexity index is 528. The van der Waals surface area contributed by atoms with Crippen molar-refractivity contribution in [3.05, 3.63) is 48.6 Å². The standard InChI is InChI=1S/C14H20N2O2S/c1-2-10-19(17,18)14-13(15)8-9-16(14)11-12-6-4-3-5-7-12/h2-7,13-14H,1,8-11,15H2/t13?,14-/m0/s1. The highest BCUT2D eigenvalue weighted by atomic mass is 32.2. The summed E-state index contributed by atoms with van der Waals surface area (Å²) in [6, 6.07) is 9.55. The Morgan fingerprint density at radius 2 is 2.05 bits per heavy atom. The van der Waals surface area contributed by atoms with Crippen molar-refractivity contribution in [1.29, 1.82) is 0 Å². The summed E-state index contributed by atoms with van der Waals surface area (Å²) in [5, 5.41) is -0.592. The molecular weight excluding hydrogens is 260 g/mol. The number of nitrogens with zero attached hydrogens (tertiary/aromatic N) is 1. The lowest BCUT2D eigenvalue weighted by molar-refractivity contribution is 0.292. The quantitative estimate of drug-likeness (QED) is 0.822. The van der Waals surface area contributed by atoms with Gasteiger partial charge in [-0.25, -0.2) is 8.42 Å². The average molecular weight is 280 g/mol. The summed E-state index contributed by atoms with van der Waals surface area (Å²) in [5.74, 6) is -0.0172. The molecule has 2 N–H and O–H groups in total. The van der Waals surface area contributed by atoms with Gasteiger partial charge >= 0.3 is 0 Å². The van der Waals surface area contributed by atoms with Crippen LogP contribution in [0, 0.1) is 0 Å². The third kappa shape index (κ3) is 3.23. The third-order valence-corrected chi connectivity index (χ3v) is 5.51. The van der Waals surface area contributed by atoms with E-state index in [2.05, 4.69) is 6.58 Å². The van der Waals surface area contributed by atoms with E-state index in [1.165, 1.54) is 6.08 Å². The summed E-state index contributed by atoms with van der Waals surface area (Å²) in [5.41, 5.74) is 7.09. The lowest BCUT2D eigenvalue weighted by Gasteiger charge is -2.26. The molecule has 1 fully saturated rings. The molecule has 4 nitrogen and oxygen atoms in total. The van der Waals surface area contributed by atoms with Crippen LogP contribution in [0.2, 0.25) is 0 Å². The van der Waals surface area contributed by atoms with E-state index in [1.807, 2.05) is 35.2 Å². The summed E-state index contributed by atoms with van der Waals surface area (Å²) < 4.78 is 24.5. The van der Waals surface area contributed by atoms with Crippen LogP contribution in [0.15, 0.2) is 43.0 Å². The van der Waals surface area contributed by atoms with E-state index >= 15 is 0 Å². The fraction of sp³-hybridized carbons (Fsp3) is 0.429. The van der Waals surface area contributed by atoms with E-state index < -0.39 is 15.2 Å². The topological polar surface area (TPSA) is 63.4 Å². The number of hydrogen-bond donors (Lipinski definition) is 1. The fourth-order valence-corrected chi connectivity index (χ4v) is 4.43. The first-order chi connectivity index (χ1) is 9.04. The van der Waals surface area contributed by atoms with Crippen LogP contribution in [-0.4, -0.2) is 37.0 Å². The van der Waals surface area contributed by atoms with Gasteiger partial charge in [-0.2, -0.15) is 0 Å². The average Bonchev–Trinajstić information content (AvgIpc) is 2.72. The summed E-state index contributed by atoms with van der Waals surface area (Å²) >= 11 is 0. The molecule has 1 aromatic carbocycles. The van der Waals surface area contributed by atoms with Gasteiger partial charge in [0, 0.05) is 19.1 Å². The Kier molecular flexibility index (Phi) is 4.39. The molecule has 0 bridgehead atoms. The van der Waals surface area contributed by atoms with Crippen molar-refractivity contribution in [1.82, 2.24) is 4.90 Å². The van der Waals surface area contributed by atoms with Crippen molar-refractivity contribution in [3.8, 4) is 0 Å². The van der Waals surface area contributed by atoms with E-state index in [0.29, 0.717) is 13.0 Å². The number of hydrogen-bond acceptors (Lipinski definition) is 4. The smallest absolute Gasteiger partial charge is 0.171 e. The third-order valence-electron chi connectivity index (χ3n) is 3.42. The van der Waals surface area contributed by atoms with E-state index in [4.69, 9.17) is 5.73 Å². The normalized spacial score (nSPS) is 24.5. The van der Waals surface area contributed by atoms with Crippen LogP contribution in [0.4, 0.5) is 0 Å². The Labute approximate surface area is 114 Å². The Morgan fingerprint density at radius 1 is 1.37 bits per heavy atom. The molecule has 0 radical (unpaired) electrons. The van der Waals surface area contributed by atoms with Gasteiger partial charge in [0.15, 0.2) is 9.84 Å². The predicted molar refractivity (Wildman–Crippen MR) is 77.2 cm³/mol. The molecule has 1 heterocycles. The molecule has 0 amide bonds. The van der Waals surface area contributed by atoms with E-state index in [9.17, 15) is 8.42 Å². The number of likely N-dealkylation sites (tertiary alicyclic amines) is 1. The molecule has 1 aliphatic heterocycles. The first kappa shape index (κ1) is 14.2. The minimum Gasteiger partial charge on any atom is -0.325 e. The van der Waals surface area contributed by atoms with E-state index in [0.717, 1.165) is 12.1 Å². The van der Waals surface area contributed by atoms with Gasteiger partial charge < -0.3 is 5.73 Å². The van der Waals surface area contributed by atoms with Gasteiger partial charge in [-0.1, -0.05) is 36.4 Å². The molecular formula is C14H20N2O2S. The fourth-order valence-electron chi connectivity index (χ4n) is 2.60. The van der Waals surface area contributed by atoms with Crippen LogP contribution in [0.3, 0.4) is 0 Å².